The summed E-state index contributed by atoms with van der Waals surface area (Å²) < 4.78 is 0. The van der Waals surface area contributed by atoms with Crippen molar-refractivity contribution in [2.24, 2.45) is 0 Å². The van der Waals surface area contributed by atoms with E-state index in [2.05, 4.69) is 0 Å². The first-order valence-electron chi connectivity index (χ1n) is 6.32. The maximum absolute atomic E-state index is 9.95. The highest BCUT2D eigenvalue weighted by Crippen LogP contribution is 2.32. The van der Waals surface area contributed by atoms with Gasteiger partial charge in [0.25, 0.3) is 0 Å². The zero-order chi connectivity index (χ0) is 13.8. The SMILES string of the molecule is Cc1cc(O)c(CC=Cc2ccccc2)c(C)c1O. The zero-order valence-electron chi connectivity index (χ0n) is 11.2. The van der Waals surface area contributed by atoms with E-state index in [1.54, 1.807) is 13.0 Å². The molecule has 0 amide bonds. The van der Waals surface area contributed by atoms with E-state index in [4.69, 9.17) is 0 Å². The number of phenolic OH excluding ortho intramolecular Hbond substituents is 2. The molecule has 0 aliphatic carbocycles. The van der Waals surface area contributed by atoms with Gasteiger partial charge in [-0.05, 0) is 43.0 Å². The largest absolute Gasteiger partial charge is 0.508 e. The quantitative estimate of drug-likeness (QED) is 0.814. The van der Waals surface area contributed by atoms with Crippen molar-refractivity contribution in [1.82, 2.24) is 0 Å². The summed E-state index contributed by atoms with van der Waals surface area (Å²) in [5.74, 6) is 0.506. The van der Waals surface area contributed by atoms with Crippen molar-refractivity contribution in [2.45, 2.75) is 20.3 Å². The molecule has 2 aromatic rings. The predicted molar refractivity (Wildman–Crippen MR) is 78.4 cm³/mol. The molecule has 2 aromatic carbocycles. The fourth-order valence-corrected chi connectivity index (χ4v) is 2.13. The van der Waals surface area contributed by atoms with Crippen LogP contribution in [0.5, 0.6) is 11.5 Å². The van der Waals surface area contributed by atoms with Gasteiger partial charge in [0, 0.05) is 5.56 Å². The van der Waals surface area contributed by atoms with Gasteiger partial charge in [0.1, 0.15) is 11.5 Å². The Bertz CT molecular complexity index is 598. The summed E-state index contributed by atoms with van der Waals surface area (Å²) >= 11 is 0. The highest BCUT2D eigenvalue weighted by molar-refractivity contribution is 5.54. The second-order valence-electron chi connectivity index (χ2n) is 4.68. The second kappa shape index (κ2) is 5.61. The second-order valence-corrected chi connectivity index (χ2v) is 4.68. The van der Waals surface area contributed by atoms with Gasteiger partial charge < -0.3 is 10.2 Å². The molecule has 0 atom stereocenters. The molecule has 0 aromatic heterocycles. The van der Waals surface area contributed by atoms with Gasteiger partial charge >= 0.3 is 0 Å². The Hall–Kier alpha value is -2.22. The number of hydrogen-bond acceptors (Lipinski definition) is 2. The topological polar surface area (TPSA) is 40.5 Å². The number of rotatable bonds is 3. The maximum Gasteiger partial charge on any atom is 0.121 e. The lowest BCUT2D eigenvalue weighted by molar-refractivity contribution is 0.448. The fraction of sp³-hybridized carbons (Fsp3) is 0.176. The van der Waals surface area contributed by atoms with Crippen molar-refractivity contribution in [3.8, 4) is 11.5 Å². The van der Waals surface area contributed by atoms with E-state index in [1.807, 2.05) is 49.4 Å². The van der Waals surface area contributed by atoms with Crippen molar-refractivity contribution >= 4 is 6.08 Å². The van der Waals surface area contributed by atoms with E-state index in [0.29, 0.717) is 12.0 Å². The Morgan fingerprint density at radius 2 is 1.74 bits per heavy atom. The van der Waals surface area contributed by atoms with Gasteiger partial charge in [0.15, 0.2) is 0 Å². The van der Waals surface area contributed by atoms with Crippen LogP contribution in [0.4, 0.5) is 0 Å². The van der Waals surface area contributed by atoms with Crippen LogP contribution in [0.2, 0.25) is 0 Å². The van der Waals surface area contributed by atoms with Crippen molar-refractivity contribution < 1.29 is 10.2 Å². The lowest BCUT2D eigenvalue weighted by Crippen LogP contribution is -1.91. The first kappa shape index (κ1) is 13.2. The van der Waals surface area contributed by atoms with Crippen LogP contribution < -0.4 is 0 Å². The molecule has 0 aliphatic heterocycles. The molecule has 98 valence electrons. The summed E-state index contributed by atoms with van der Waals surface area (Å²) in [5, 5.41) is 19.8. The molecule has 0 bridgehead atoms. The Kier molecular flexibility index (Phi) is 3.91. The molecule has 0 aliphatic rings. The summed E-state index contributed by atoms with van der Waals surface area (Å²) in [7, 11) is 0. The number of allylic oxidation sites excluding steroid dienone is 1. The van der Waals surface area contributed by atoms with Crippen molar-refractivity contribution in [3.63, 3.8) is 0 Å². The third-order valence-electron chi connectivity index (χ3n) is 3.28. The molecule has 2 nitrogen and oxygen atoms in total. The summed E-state index contributed by atoms with van der Waals surface area (Å²) in [6.45, 7) is 3.61. The molecular weight excluding hydrogens is 236 g/mol. The molecule has 0 saturated carbocycles. The monoisotopic (exact) mass is 254 g/mol. The molecule has 0 radical (unpaired) electrons. The van der Waals surface area contributed by atoms with Gasteiger partial charge in [0.05, 0.1) is 0 Å². The maximum atomic E-state index is 9.95. The highest BCUT2D eigenvalue weighted by Gasteiger charge is 2.10. The molecular formula is C17H18O2. The van der Waals surface area contributed by atoms with Gasteiger partial charge in [-0.15, -0.1) is 0 Å². The van der Waals surface area contributed by atoms with Crippen LogP contribution in [0.3, 0.4) is 0 Å². The number of aromatic hydroxyl groups is 2. The van der Waals surface area contributed by atoms with Gasteiger partial charge in [-0.25, -0.2) is 0 Å². The van der Waals surface area contributed by atoms with Crippen molar-refractivity contribution in [1.29, 1.82) is 0 Å². The van der Waals surface area contributed by atoms with Crippen LogP contribution in [0.1, 0.15) is 22.3 Å². The van der Waals surface area contributed by atoms with Gasteiger partial charge in [-0.2, -0.15) is 0 Å². The van der Waals surface area contributed by atoms with E-state index in [1.165, 1.54) is 0 Å². The molecule has 0 fully saturated rings. The summed E-state index contributed by atoms with van der Waals surface area (Å²) in [6, 6.07) is 11.6. The Labute approximate surface area is 113 Å². The Morgan fingerprint density at radius 1 is 1.05 bits per heavy atom. The fourth-order valence-electron chi connectivity index (χ4n) is 2.13. The third kappa shape index (κ3) is 2.97. The van der Waals surface area contributed by atoms with E-state index in [-0.39, 0.29) is 11.5 Å². The van der Waals surface area contributed by atoms with Crippen LogP contribution >= 0.6 is 0 Å². The highest BCUT2D eigenvalue weighted by atomic mass is 16.3. The molecule has 0 saturated heterocycles. The van der Waals surface area contributed by atoms with E-state index in [9.17, 15) is 10.2 Å². The minimum Gasteiger partial charge on any atom is -0.508 e. The van der Waals surface area contributed by atoms with Crippen LogP contribution in [0.15, 0.2) is 42.5 Å². The van der Waals surface area contributed by atoms with Crippen LogP contribution in [0.25, 0.3) is 6.08 Å². The summed E-state index contributed by atoms with van der Waals surface area (Å²) in [6.07, 6.45) is 4.60. The number of phenols is 2. The Morgan fingerprint density at radius 3 is 2.42 bits per heavy atom. The van der Waals surface area contributed by atoms with Gasteiger partial charge in [0.2, 0.25) is 0 Å². The van der Waals surface area contributed by atoms with Crippen molar-refractivity contribution in [2.75, 3.05) is 0 Å². The average Bonchev–Trinajstić information content (AvgIpc) is 2.41. The first-order valence-corrected chi connectivity index (χ1v) is 6.32. The summed E-state index contributed by atoms with van der Waals surface area (Å²) in [5.41, 5.74) is 3.34. The summed E-state index contributed by atoms with van der Waals surface area (Å²) in [4.78, 5) is 0. The standard InChI is InChI=1S/C17H18O2/c1-12-11-16(18)15(13(2)17(12)19)10-6-9-14-7-4-3-5-8-14/h3-9,11,18-19H,10H2,1-2H3. The lowest BCUT2D eigenvalue weighted by atomic mass is 9.99. The van der Waals surface area contributed by atoms with E-state index < -0.39 is 0 Å². The lowest BCUT2D eigenvalue weighted by Gasteiger charge is -2.10. The van der Waals surface area contributed by atoms with Crippen molar-refractivity contribution in [3.05, 3.63) is 64.7 Å². The number of hydrogen-bond donors (Lipinski definition) is 2. The molecule has 2 heteroatoms. The first-order chi connectivity index (χ1) is 9.09. The zero-order valence-corrected chi connectivity index (χ0v) is 11.2. The van der Waals surface area contributed by atoms with Gasteiger partial charge in [-0.1, -0.05) is 42.5 Å². The average molecular weight is 254 g/mol. The molecule has 2 N–H and O–H groups in total. The third-order valence-corrected chi connectivity index (χ3v) is 3.28. The minimum atomic E-state index is 0.241. The minimum absolute atomic E-state index is 0.241. The van der Waals surface area contributed by atoms with Gasteiger partial charge in [-0.3, -0.25) is 0 Å². The molecule has 2 rings (SSSR count). The van der Waals surface area contributed by atoms with Crippen LogP contribution in [0, 0.1) is 13.8 Å². The number of aryl methyl sites for hydroxylation is 1. The predicted octanol–water partition coefficient (Wildman–Crippen LogP) is 3.97. The molecule has 0 heterocycles. The number of benzene rings is 2. The Balaban J connectivity index is 2.21. The molecule has 0 unspecified atom stereocenters. The normalized spacial score (nSPS) is 11.1. The smallest absolute Gasteiger partial charge is 0.121 e. The van der Waals surface area contributed by atoms with E-state index in [0.717, 1.165) is 16.7 Å². The van der Waals surface area contributed by atoms with E-state index >= 15 is 0 Å². The molecule has 0 spiro atoms. The van der Waals surface area contributed by atoms with Crippen LogP contribution in [-0.4, -0.2) is 10.2 Å². The van der Waals surface area contributed by atoms with Crippen LogP contribution in [-0.2, 0) is 6.42 Å². The molecule has 19 heavy (non-hydrogen) atoms.